The predicted molar refractivity (Wildman–Crippen MR) is 83.6 cm³/mol. The predicted octanol–water partition coefficient (Wildman–Crippen LogP) is 4.59. The molecule has 1 nitrogen and oxygen atoms in total. The molecule has 0 spiro atoms. The van der Waals surface area contributed by atoms with Gasteiger partial charge in [0.25, 0.3) is 0 Å². The Hall–Kier alpha value is -0.820. The first kappa shape index (κ1) is 14.1. The van der Waals surface area contributed by atoms with E-state index < -0.39 is 0 Å². The SMILES string of the molecule is OC(CCc1ccccc1)C1CCC2CCCCC2C1. The largest absolute Gasteiger partial charge is 0.393 e. The van der Waals surface area contributed by atoms with Gasteiger partial charge in [0, 0.05) is 0 Å². The molecule has 2 saturated carbocycles. The van der Waals surface area contributed by atoms with Gasteiger partial charge in [0.2, 0.25) is 0 Å². The van der Waals surface area contributed by atoms with Crippen LogP contribution >= 0.6 is 0 Å². The zero-order valence-electron chi connectivity index (χ0n) is 12.5. The molecule has 1 aromatic rings. The van der Waals surface area contributed by atoms with Crippen LogP contribution in [0.15, 0.2) is 30.3 Å². The van der Waals surface area contributed by atoms with Crippen molar-refractivity contribution < 1.29 is 5.11 Å². The summed E-state index contributed by atoms with van der Waals surface area (Å²) in [6.07, 6.45) is 11.5. The second kappa shape index (κ2) is 6.76. The van der Waals surface area contributed by atoms with Crippen molar-refractivity contribution in [2.75, 3.05) is 0 Å². The lowest BCUT2D eigenvalue weighted by molar-refractivity contribution is 0.0314. The van der Waals surface area contributed by atoms with E-state index in [0.29, 0.717) is 5.92 Å². The second-order valence-corrected chi connectivity index (χ2v) is 6.97. The van der Waals surface area contributed by atoms with Crippen LogP contribution in [0.25, 0.3) is 0 Å². The number of aryl methyl sites for hydroxylation is 1. The molecule has 110 valence electrons. The molecule has 0 aromatic heterocycles. The lowest BCUT2D eigenvalue weighted by Gasteiger charge is -2.40. The van der Waals surface area contributed by atoms with Gasteiger partial charge in [0.15, 0.2) is 0 Å². The second-order valence-electron chi connectivity index (χ2n) is 6.97. The van der Waals surface area contributed by atoms with Gasteiger partial charge < -0.3 is 5.11 Å². The van der Waals surface area contributed by atoms with Crippen molar-refractivity contribution >= 4 is 0 Å². The van der Waals surface area contributed by atoms with Crippen molar-refractivity contribution in [1.29, 1.82) is 0 Å². The standard InChI is InChI=1S/C19H28O/c20-19(13-10-15-6-2-1-3-7-15)18-12-11-16-8-4-5-9-17(16)14-18/h1-3,6-7,16-20H,4-5,8-14H2. The van der Waals surface area contributed by atoms with Crippen LogP contribution in [0.3, 0.4) is 0 Å². The molecule has 0 radical (unpaired) electrons. The maximum atomic E-state index is 10.5. The fourth-order valence-corrected chi connectivity index (χ4v) is 4.45. The molecule has 2 fully saturated rings. The third-order valence-electron chi connectivity index (χ3n) is 5.70. The highest BCUT2D eigenvalue weighted by atomic mass is 16.3. The Kier molecular flexibility index (Phi) is 4.77. The minimum Gasteiger partial charge on any atom is -0.393 e. The highest BCUT2D eigenvalue weighted by Crippen LogP contribution is 2.43. The molecular weight excluding hydrogens is 244 g/mol. The Labute approximate surface area is 123 Å². The van der Waals surface area contributed by atoms with Gasteiger partial charge in [0.1, 0.15) is 0 Å². The fourth-order valence-electron chi connectivity index (χ4n) is 4.45. The van der Waals surface area contributed by atoms with Gasteiger partial charge in [-0.15, -0.1) is 0 Å². The zero-order chi connectivity index (χ0) is 13.8. The Bertz CT molecular complexity index is 399. The summed E-state index contributed by atoms with van der Waals surface area (Å²) in [5.74, 6) is 2.48. The molecule has 0 saturated heterocycles. The first-order valence-electron chi connectivity index (χ1n) is 8.55. The summed E-state index contributed by atoms with van der Waals surface area (Å²) >= 11 is 0. The quantitative estimate of drug-likeness (QED) is 0.850. The smallest absolute Gasteiger partial charge is 0.0571 e. The van der Waals surface area contributed by atoms with Gasteiger partial charge in [-0.05, 0) is 55.4 Å². The number of aliphatic hydroxyl groups excluding tert-OH is 1. The number of rotatable bonds is 4. The van der Waals surface area contributed by atoms with E-state index in [1.807, 2.05) is 0 Å². The monoisotopic (exact) mass is 272 g/mol. The molecule has 2 aliphatic rings. The van der Waals surface area contributed by atoms with Crippen LogP contribution in [0.5, 0.6) is 0 Å². The van der Waals surface area contributed by atoms with Gasteiger partial charge in [-0.1, -0.05) is 56.0 Å². The van der Waals surface area contributed by atoms with E-state index in [2.05, 4.69) is 30.3 Å². The number of aliphatic hydroxyl groups is 1. The number of hydrogen-bond donors (Lipinski definition) is 1. The van der Waals surface area contributed by atoms with E-state index in [-0.39, 0.29) is 6.10 Å². The number of benzene rings is 1. The summed E-state index contributed by atoms with van der Waals surface area (Å²) in [6, 6.07) is 10.6. The summed E-state index contributed by atoms with van der Waals surface area (Å²) in [7, 11) is 0. The lowest BCUT2D eigenvalue weighted by atomic mass is 9.66. The summed E-state index contributed by atoms with van der Waals surface area (Å²) < 4.78 is 0. The molecule has 3 rings (SSSR count). The van der Waals surface area contributed by atoms with Crippen LogP contribution in [0, 0.1) is 17.8 Å². The van der Waals surface area contributed by atoms with Gasteiger partial charge in [-0.3, -0.25) is 0 Å². The summed E-state index contributed by atoms with van der Waals surface area (Å²) in [4.78, 5) is 0. The average molecular weight is 272 g/mol. The molecule has 4 atom stereocenters. The Morgan fingerprint density at radius 2 is 1.70 bits per heavy atom. The van der Waals surface area contributed by atoms with Crippen molar-refractivity contribution in [3.05, 3.63) is 35.9 Å². The van der Waals surface area contributed by atoms with Crippen molar-refractivity contribution in [3.8, 4) is 0 Å². The molecule has 1 N–H and O–H groups in total. The average Bonchev–Trinajstić information content (AvgIpc) is 2.53. The first-order chi connectivity index (χ1) is 9.83. The molecule has 4 unspecified atom stereocenters. The van der Waals surface area contributed by atoms with E-state index in [4.69, 9.17) is 0 Å². The van der Waals surface area contributed by atoms with Crippen LogP contribution in [-0.2, 0) is 6.42 Å². The number of hydrogen-bond acceptors (Lipinski definition) is 1. The molecule has 0 amide bonds. The first-order valence-corrected chi connectivity index (χ1v) is 8.55. The van der Waals surface area contributed by atoms with E-state index in [0.717, 1.165) is 24.7 Å². The Balaban J connectivity index is 1.49. The van der Waals surface area contributed by atoms with Crippen LogP contribution in [0.2, 0.25) is 0 Å². The van der Waals surface area contributed by atoms with E-state index in [1.165, 1.54) is 50.5 Å². The number of fused-ring (bicyclic) bond motifs is 1. The summed E-state index contributed by atoms with van der Waals surface area (Å²) in [6.45, 7) is 0. The molecule has 1 heteroatoms. The zero-order valence-corrected chi connectivity index (χ0v) is 12.5. The highest BCUT2D eigenvalue weighted by molar-refractivity contribution is 5.14. The van der Waals surface area contributed by atoms with E-state index in [9.17, 15) is 5.11 Å². The van der Waals surface area contributed by atoms with Crippen LogP contribution in [0.1, 0.15) is 56.9 Å². The summed E-state index contributed by atoms with van der Waals surface area (Å²) in [5.41, 5.74) is 1.36. The van der Waals surface area contributed by atoms with Crippen LogP contribution < -0.4 is 0 Å². The molecule has 0 heterocycles. The van der Waals surface area contributed by atoms with Crippen LogP contribution in [0.4, 0.5) is 0 Å². The maximum absolute atomic E-state index is 10.5. The molecule has 0 bridgehead atoms. The van der Waals surface area contributed by atoms with Crippen LogP contribution in [-0.4, -0.2) is 11.2 Å². The Morgan fingerprint density at radius 3 is 2.50 bits per heavy atom. The third kappa shape index (κ3) is 3.44. The lowest BCUT2D eigenvalue weighted by Crippen LogP contribution is -2.33. The van der Waals surface area contributed by atoms with Crippen molar-refractivity contribution in [1.82, 2.24) is 0 Å². The van der Waals surface area contributed by atoms with Crippen molar-refractivity contribution in [2.24, 2.45) is 17.8 Å². The normalized spacial score (nSPS) is 31.6. The molecule has 2 aliphatic carbocycles. The molecule has 0 aliphatic heterocycles. The van der Waals surface area contributed by atoms with Gasteiger partial charge in [-0.25, -0.2) is 0 Å². The van der Waals surface area contributed by atoms with E-state index >= 15 is 0 Å². The third-order valence-corrected chi connectivity index (χ3v) is 5.70. The molecule has 1 aromatic carbocycles. The topological polar surface area (TPSA) is 20.2 Å². The van der Waals surface area contributed by atoms with Gasteiger partial charge in [-0.2, -0.15) is 0 Å². The highest BCUT2D eigenvalue weighted by Gasteiger charge is 2.34. The summed E-state index contributed by atoms with van der Waals surface area (Å²) in [5, 5.41) is 10.5. The minimum atomic E-state index is -0.0851. The van der Waals surface area contributed by atoms with Gasteiger partial charge in [0.05, 0.1) is 6.10 Å². The fraction of sp³-hybridized carbons (Fsp3) is 0.684. The van der Waals surface area contributed by atoms with E-state index in [1.54, 1.807) is 0 Å². The minimum absolute atomic E-state index is 0.0851. The Morgan fingerprint density at radius 1 is 0.950 bits per heavy atom. The van der Waals surface area contributed by atoms with Gasteiger partial charge >= 0.3 is 0 Å². The maximum Gasteiger partial charge on any atom is 0.0571 e. The van der Waals surface area contributed by atoms with Crippen molar-refractivity contribution in [3.63, 3.8) is 0 Å². The van der Waals surface area contributed by atoms with Crippen molar-refractivity contribution in [2.45, 2.75) is 63.9 Å². The molecule has 20 heavy (non-hydrogen) atoms. The molecular formula is C19H28O.